The highest BCUT2D eigenvalue weighted by Crippen LogP contribution is 2.26. The number of hydrogen-bond donors (Lipinski definition) is 1. The van der Waals surface area contributed by atoms with Crippen LogP contribution in [0.5, 0.6) is 0 Å². The molecule has 2 aromatic heterocycles. The fourth-order valence-corrected chi connectivity index (χ4v) is 2.77. The average molecular weight is 370 g/mol. The summed E-state index contributed by atoms with van der Waals surface area (Å²) in [7, 11) is 0. The number of hydrogen-bond acceptors (Lipinski definition) is 4. The Hall–Kier alpha value is -2.62. The fraction of sp³-hybridized carbons (Fsp3) is 0.438. The molecule has 0 bridgehead atoms. The zero-order chi connectivity index (χ0) is 18.7. The number of aromatic nitrogens is 3. The normalized spacial score (nSPS) is 17.4. The molecule has 0 aromatic carbocycles. The van der Waals surface area contributed by atoms with Crippen molar-refractivity contribution in [1.82, 2.24) is 14.3 Å². The Labute approximate surface area is 146 Å². The van der Waals surface area contributed by atoms with Crippen molar-refractivity contribution in [3.63, 3.8) is 0 Å². The Morgan fingerprint density at radius 3 is 2.88 bits per heavy atom. The van der Waals surface area contributed by atoms with Gasteiger partial charge in [-0.25, -0.2) is 4.68 Å². The zero-order valence-electron chi connectivity index (χ0n) is 13.7. The predicted molar refractivity (Wildman–Crippen MR) is 85.5 cm³/mol. The van der Waals surface area contributed by atoms with Gasteiger partial charge in [0.05, 0.1) is 12.8 Å². The molecule has 7 nitrogen and oxygen atoms in total. The van der Waals surface area contributed by atoms with Crippen LogP contribution in [-0.2, 0) is 28.8 Å². The van der Waals surface area contributed by atoms with Crippen LogP contribution in [0.3, 0.4) is 0 Å². The third-order valence-corrected chi connectivity index (χ3v) is 4.08. The third kappa shape index (κ3) is 4.13. The summed E-state index contributed by atoms with van der Waals surface area (Å²) in [6.07, 6.45) is -1.21. The quantitative estimate of drug-likeness (QED) is 0.870. The lowest BCUT2D eigenvalue weighted by molar-refractivity contribution is -0.139. The van der Waals surface area contributed by atoms with Crippen LogP contribution in [0.15, 0.2) is 35.4 Å². The molecule has 1 aliphatic heterocycles. The molecule has 3 rings (SSSR count). The van der Waals surface area contributed by atoms with Gasteiger partial charge in [0.1, 0.15) is 17.9 Å². The first-order valence-electron chi connectivity index (χ1n) is 8.00. The van der Waals surface area contributed by atoms with Crippen molar-refractivity contribution in [3.8, 4) is 0 Å². The second kappa shape index (κ2) is 7.32. The van der Waals surface area contributed by atoms with Gasteiger partial charge in [-0.05, 0) is 18.6 Å². The number of anilines is 1. The van der Waals surface area contributed by atoms with Crippen LogP contribution in [0.2, 0.25) is 0 Å². The number of carbonyl (C=O) groups is 1. The number of nitrogens with one attached hydrogen (secondary N) is 1. The van der Waals surface area contributed by atoms with Crippen LogP contribution in [0.25, 0.3) is 0 Å². The number of pyridine rings is 1. The number of rotatable bonds is 5. The van der Waals surface area contributed by atoms with Gasteiger partial charge < -0.3 is 14.6 Å². The van der Waals surface area contributed by atoms with Gasteiger partial charge in [-0.1, -0.05) is 0 Å². The van der Waals surface area contributed by atoms with Gasteiger partial charge >= 0.3 is 6.18 Å². The van der Waals surface area contributed by atoms with Crippen molar-refractivity contribution in [3.05, 3.63) is 46.5 Å². The Balaban J connectivity index is 1.69. The molecular formula is C16H17F3N4O3. The van der Waals surface area contributed by atoms with Crippen LogP contribution in [0, 0.1) is 5.92 Å². The lowest BCUT2D eigenvalue weighted by atomic mass is 10.1. The first-order valence-corrected chi connectivity index (χ1v) is 8.00. The molecule has 1 aliphatic rings. The molecule has 2 aromatic rings. The number of ether oxygens (including phenoxy) is 1. The summed E-state index contributed by atoms with van der Waals surface area (Å²) in [5.41, 5.74) is -2.56. The van der Waals surface area contributed by atoms with E-state index in [2.05, 4.69) is 10.4 Å². The number of halogens is 3. The molecular weight excluding hydrogens is 353 g/mol. The summed E-state index contributed by atoms with van der Waals surface area (Å²) in [4.78, 5) is 24.0. The van der Waals surface area contributed by atoms with Crippen molar-refractivity contribution >= 4 is 11.7 Å². The van der Waals surface area contributed by atoms with Gasteiger partial charge in [0.2, 0.25) is 5.91 Å². The summed E-state index contributed by atoms with van der Waals surface area (Å²) in [5.74, 6) is 0.0920. The van der Waals surface area contributed by atoms with Gasteiger partial charge in [-0.3, -0.25) is 9.59 Å². The van der Waals surface area contributed by atoms with Gasteiger partial charge in [-0.15, -0.1) is 0 Å². The topological polar surface area (TPSA) is 78.2 Å². The molecule has 0 radical (unpaired) electrons. The van der Waals surface area contributed by atoms with E-state index in [4.69, 9.17) is 4.74 Å². The van der Waals surface area contributed by atoms with E-state index in [0.29, 0.717) is 31.6 Å². The van der Waals surface area contributed by atoms with E-state index in [9.17, 15) is 22.8 Å². The van der Waals surface area contributed by atoms with Gasteiger partial charge in [0.15, 0.2) is 0 Å². The average Bonchev–Trinajstić information content (AvgIpc) is 3.21. The Bertz CT molecular complexity index is 838. The molecule has 3 heterocycles. The number of alkyl halides is 3. The lowest BCUT2D eigenvalue weighted by Gasteiger charge is -2.13. The number of carbonyl (C=O) groups excluding carboxylic acids is 1. The molecule has 1 saturated heterocycles. The summed E-state index contributed by atoms with van der Waals surface area (Å²) in [6, 6.07) is 3.36. The Morgan fingerprint density at radius 1 is 1.38 bits per heavy atom. The predicted octanol–water partition coefficient (Wildman–Crippen LogP) is 1.74. The van der Waals surface area contributed by atoms with Gasteiger partial charge in [0, 0.05) is 31.3 Å². The molecule has 0 spiro atoms. The smallest absolute Gasteiger partial charge is 0.381 e. The largest absolute Gasteiger partial charge is 0.421 e. The highest BCUT2D eigenvalue weighted by Gasteiger charge is 2.34. The molecule has 1 atom stereocenters. The molecule has 26 heavy (non-hydrogen) atoms. The summed E-state index contributed by atoms with van der Waals surface area (Å²) in [5, 5.41) is 6.71. The maximum Gasteiger partial charge on any atom is 0.421 e. The minimum absolute atomic E-state index is 0.289. The van der Waals surface area contributed by atoms with Crippen molar-refractivity contribution in [2.45, 2.75) is 25.7 Å². The van der Waals surface area contributed by atoms with E-state index in [1.165, 1.54) is 6.20 Å². The van der Waals surface area contributed by atoms with Crippen LogP contribution >= 0.6 is 0 Å². The van der Waals surface area contributed by atoms with Crippen LogP contribution < -0.4 is 10.9 Å². The van der Waals surface area contributed by atoms with E-state index < -0.39 is 29.8 Å². The number of nitrogens with zero attached hydrogens (tertiary/aromatic N) is 3. The van der Waals surface area contributed by atoms with Crippen LogP contribution in [0.4, 0.5) is 19.0 Å². The third-order valence-electron chi connectivity index (χ3n) is 4.08. The Kier molecular flexibility index (Phi) is 5.12. The van der Waals surface area contributed by atoms with Crippen LogP contribution in [-0.4, -0.2) is 33.5 Å². The van der Waals surface area contributed by atoms with E-state index in [-0.39, 0.29) is 5.92 Å². The standard InChI is InChI=1S/C16H17F3N4O3/c17-16(18,19)12-2-1-6-22(15(12)25)9-14(24)21-13-3-5-20-23(13)8-11-4-7-26-10-11/h1-3,5-6,11H,4,7-10H2,(H,21,24)/t11-/m1/s1. The summed E-state index contributed by atoms with van der Waals surface area (Å²) in [6.45, 7) is 1.34. The van der Waals surface area contributed by atoms with E-state index >= 15 is 0 Å². The molecule has 0 unspecified atom stereocenters. The molecule has 140 valence electrons. The SMILES string of the molecule is O=C(Cn1cccc(C(F)(F)F)c1=O)Nc1ccnn1C[C@H]1CCOC1. The van der Waals surface area contributed by atoms with E-state index in [1.54, 1.807) is 10.7 Å². The summed E-state index contributed by atoms with van der Waals surface area (Å²) >= 11 is 0. The second-order valence-electron chi connectivity index (χ2n) is 6.03. The van der Waals surface area contributed by atoms with Crippen molar-refractivity contribution < 1.29 is 22.7 Å². The molecule has 10 heteroatoms. The highest BCUT2D eigenvalue weighted by molar-refractivity contribution is 5.89. The summed E-state index contributed by atoms with van der Waals surface area (Å²) < 4.78 is 46.0. The minimum Gasteiger partial charge on any atom is -0.381 e. The molecule has 0 aliphatic carbocycles. The van der Waals surface area contributed by atoms with E-state index in [0.717, 1.165) is 23.3 Å². The van der Waals surface area contributed by atoms with Crippen molar-refractivity contribution in [1.29, 1.82) is 0 Å². The highest BCUT2D eigenvalue weighted by atomic mass is 19.4. The van der Waals surface area contributed by atoms with Crippen molar-refractivity contribution in [2.75, 3.05) is 18.5 Å². The van der Waals surface area contributed by atoms with Crippen molar-refractivity contribution in [2.24, 2.45) is 5.92 Å². The molecule has 1 N–H and O–H groups in total. The molecule has 0 saturated carbocycles. The van der Waals surface area contributed by atoms with Gasteiger partial charge in [0.25, 0.3) is 5.56 Å². The molecule has 1 amide bonds. The molecule has 1 fully saturated rings. The first-order chi connectivity index (χ1) is 12.3. The zero-order valence-corrected chi connectivity index (χ0v) is 13.7. The van der Waals surface area contributed by atoms with Crippen LogP contribution in [0.1, 0.15) is 12.0 Å². The second-order valence-corrected chi connectivity index (χ2v) is 6.03. The monoisotopic (exact) mass is 370 g/mol. The Morgan fingerprint density at radius 2 is 2.19 bits per heavy atom. The first kappa shape index (κ1) is 18.2. The lowest BCUT2D eigenvalue weighted by Crippen LogP contribution is -2.32. The maximum atomic E-state index is 12.8. The number of amides is 1. The fourth-order valence-electron chi connectivity index (χ4n) is 2.77. The van der Waals surface area contributed by atoms with E-state index in [1.807, 2.05) is 0 Å². The maximum absolute atomic E-state index is 12.8. The van der Waals surface area contributed by atoms with Gasteiger partial charge in [-0.2, -0.15) is 18.3 Å². The minimum atomic E-state index is -4.77.